The van der Waals surface area contributed by atoms with E-state index in [1.165, 1.54) is 9.78 Å². The van der Waals surface area contributed by atoms with Gasteiger partial charge in [-0.3, -0.25) is 0 Å². The number of fused-ring (bicyclic) bond motifs is 1. The maximum atomic E-state index is 4.22. The molecule has 9 heavy (non-hydrogen) atoms. The minimum absolute atomic E-state index is 0.511. The summed E-state index contributed by atoms with van der Waals surface area (Å²) in [5.41, 5.74) is 0. The van der Waals surface area contributed by atoms with Crippen molar-refractivity contribution in [2.75, 3.05) is 0 Å². The Hall–Kier alpha value is -0.591. The van der Waals surface area contributed by atoms with Crippen molar-refractivity contribution in [2.45, 2.75) is 0 Å². The number of nitrogens with zero attached hydrogens (tertiary/aromatic N) is 1. The first-order chi connectivity index (χ1) is 4.47. The maximum absolute atomic E-state index is 4.22. The van der Waals surface area contributed by atoms with Gasteiger partial charge in [-0.2, -0.15) is 0 Å². The van der Waals surface area contributed by atoms with E-state index >= 15 is 0 Å². The molecular weight excluding hydrogens is 177 g/mol. The zero-order chi connectivity index (χ0) is 6.10. The molecule has 0 atom stereocenters. The van der Waals surface area contributed by atoms with Gasteiger partial charge in [0.15, 0.2) is 0 Å². The van der Waals surface area contributed by atoms with Crippen LogP contribution in [-0.4, -0.2) is 19.5 Å². The molecule has 0 saturated carbocycles. The second-order valence-electron chi connectivity index (χ2n) is 1.82. The molecule has 0 spiro atoms. The van der Waals surface area contributed by atoms with Gasteiger partial charge >= 0.3 is 58.6 Å². The third-order valence-electron chi connectivity index (χ3n) is 1.23. The van der Waals surface area contributed by atoms with Crippen molar-refractivity contribution in [3.63, 3.8) is 0 Å². The molecule has 0 aliphatic heterocycles. The molecule has 1 nitrogen and oxygen atoms in total. The summed E-state index contributed by atoms with van der Waals surface area (Å²) in [6.07, 6.45) is 1.85. The first kappa shape index (κ1) is 5.21. The molecule has 0 aromatic carbocycles. The van der Waals surface area contributed by atoms with Crippen LogP contribution in [0.5, 0.6) is 0 Å². The molecule has 0 aliphatic rings. The second-order valence-corrected chi connectivity index (χ2v) is 3.70. The molecule has 2 rings (SSSR count). The topological polar surface area (TPSA) is 12.9 Å². The Kier molecular flexibility index (Phi) is 1.15. The molecule has 2 aromatic rings. The minimum atomic E-state index is 0.511. The van der Waals surface area contributed by atoms with Crippen molar-refractivity contribution < 1.29 is 0 Å². The first-order valence-electron chi connectivity index (χ1n) is 2.75. The van der Waals surface area contributed by atoms with E-state index in [4.69, 9.17) is 0 Å². The molecule has 0 amide bonds. The predicted molar refractivity (Wildman–Crippen MR) is 38.7 cm³/mol. The van der Waals surface area contributed by atoms with E-state index < -0.39 is 0 Å². The van der Waals surface area contributed by atoms with Crippen LogP contribution in [0.15, 0.2) is 29.3 Å². The van der Waals surface area contributed by atoms with Crippen molar-refractivity contribution in [3.05, 3.63) is 29.3 Å². The Morgan fingerprint density at radius 2 is 2.33 bits per heavy atom. The van der Waals surface area contributed by atoms with E-state index in [1.54, 1.807) is 0 Å². The molecule has 0 radical (unpaired) electrons. The summed E-state index contributed by atoms with van der Waals surface area (Å²) >= 11 is 0.511. The third-order valence-corrected chi connectivity index (χ3v) is 2.98. The van der Waals surface area contributed by atoms with Crippen LogP contribution in [0.2, 0.25) is 0 Å². The third kappa shape index (κ3) is 0.805. The summed E-state index contributed by atoms with van der Waals surface area (Å²) < 4.78 is 1.27. The van der Waals surface area contributed by atoms with Gasteiger partial charge in [-0.25, -0.2) is 0 Å². The van der Waals surface area contributed by atoms with E-state index in [9.17, 15) is 0 Å². The van der Waals surface area contributed by atoms with E-state index in [2.05, 4.69) is 22.1 Å². The fraction of sp³-hybridized carbons (Fsp3) is 0. The number of pyridine rings is 1. The molecule has 0 N–H and O–H groups in total. The van der Waals surface area contributed by atoms with Crippen LogP contribution in [0.4, 0.5) is 0 Å². The number of hydrogen-bond donors (Lipinski definition) is 0. The fourth-order valence-electron chi connectivity index (χ4n) is 0.800. The molecule has 2 heterocycles. The van der Waals surface area contributed by atoms with Crippen molar-refractivity contribution in [1.82, 2.24) is 4.98 Å². The number of aromatic nitrogens is 1. The Morgan fingerprint density at radius 1 is 1.33 bits per heavy atom. The molecule has 0 aliphatic carbocycles. The van der Waals surface area contributed by atoms with E-state index in [0.717, 1.165) is 0 Å². The van der Waals surface area contributed by atoms with E-state index in [0.29, 0.717) is 14.5 Å². The molecule has 2 heteroatoms. The van der Waals surface area contributed by atoms with Gasteiger partial charge in [-0.1, -0.05) is 0 Å². The standard InChI is InChI=1S/C7H5NSe/c1-2-6-3-5-9-7(6)8-4-1/h1-5H. The van der Waals surface area contributed by atoms with Crippen LogP contribution in [0.3, 0.4) is 0 Å². The summed E-state index contributed by atoms with van der Waals surface area (Å²) in [6.45, 7) is 0. The van der Waals surface area contributed by atoms with Crippen LogP contribution in [0, 0.1) is 0 Å². The van der Waals surface area contributed by atoms with Gasteiger partial charge in [0.1, 0.15) is 0 Å². The van der Waals surface area contributed by atoms with Gasteiger partial charge in [0.2, 0.25) is 0 Å². The van der Waals surface area contributed by atoms with Gasteiger partial charge in [-0.15, -0.1) is 0 Å². The summed E-state index contributed by atoms with van der Waals surface area (Å²) in [4.78, 5) is 6.42. The van der Waals surface area contributed by atoms with Crippen LogP contribution >= 0.6 is 0 Å². The van der Waals surface area contributed by atoms with Gasteiger partial charge in [0.25, 0.3) is 0 Å². The van der Waals surface area contributed by atoms with Crippen LogP contribution in [0.1, 0.15) is 0 Å². The zero-order valence-corrected chi connectivity index (χ0v) is 6.46. The molecule has 44 valence electrons. The predicted octanol–water partition coefficient (Wildman–Crippen LogP) is 1.29. The van der Waals surface area contributed by atoms with Gasteiger partial charge in [0.05, 0.1) is 0 Å². The average molecular weight is 182 g/mol. The van der Waals surface area contributed by atoms with Crippen LogP contribution < -0.4 is 0 Å². The summed E-state index contributed by atoms with van der Waals surface area (Å²) in [5.74, 6) is 0. The number of hydrogen-bond acceptors (Lipinski definition) is 1. The van der Waals surface area contributed by atoms with Gasteiger partial charge in [0, 0.05) is 0 Å². The van der Waals surface area contributed by atoms with Crippen LogP contribution in [-0.2, 0) is 0 Å². The molecule has 0 bridgehead atoms. The Balaban J connectivity index is 2.95. The fourth-order valence-corrected chi connectivity index (χ4v) is 2.35. The van der Waals surface area contributed by atoms with E-state index in [1.807, 2.05) is 12.3 Å². The molecule has 0 fully saturated rings. The molecule has 2 aromatic heterocycles. The normalized spacial score (nSPS) is 10.2. The molecule has 0 saturated heterocycles. The first-order valence-corrected chi connectivity index (χ1v) is 4.59. The molecular formula is C7H5NSe. The summed E-state index contributed by atoms with van der Waals surface area (Å²) in [5, 5.41) is 1.30. The summed E-state index contributed by atoms with van der Waals surface area (Å²) in [6, 6.07) is 6.22. The molecule has 0 unspecified atom stereocenters. The van der Waals surface area contributed by atoms with E-state index in [-0.39, 0.29) is 0 Å². The SMILES string of the molecule is c1cnc2[se]ccc2c1. The van der Waals surface area contributed by atoms with Crippen molar-refractivity contribution in [3.8, 4) is 0 Å². The van der Waals surface area contributed by atoms with Crippen molar-refractivity contribution >= 4 is 24.3 Å². The van der Waals surface area contributed by atoms with Gasteiger partial charge in [-0.05, 0) is 0 Å². The number of rotatable bonds is 0. The van der Waals surface area contributed by atoms with Gasteiger partial charge < -0.3 is 0 Å². The van der Waals surface area contributed by atoms with Crippen LogP contribution in [0.25, 0.3) is 9.78 Å². The second kappa shape index (κ2) is 1.98. The zero-order valence-electron chi connectivity index (χ0n) is 4.74. The quantitative estimate of drug-likeness (QED) is 0.559. The van der Waals surface area contributed by atoms with Crippen molar-refractivity contribution in [2.24, 2.45) is 0 Å². The Morgan fingerprint density at radius 3 is 3.22 bits per heavy atom. The average Bonchev–Trinajstić information content (AvgIpc) is 2.33. The Bertz CT molecular complexity index is 283. The monoisotopic (exact) mass is 183 g/mol. The van der Waals surface area contributed by atoms with Crippen molar-refractivity contribution in [1.29, 1.82) is 0 Å². The summed E-state index contributed by atoms with van der Waals surface area (Å²) in [7, 11) is 0. The Labute approximate surface area is 59.1 Å².